The molecule has 1 aromatic heterocycles. The van der Waals surface area contributed by atoms with E-state index in [1.807, 2.05) is 72.3 Å². The van der Waals surface area contributed by atoms with Crippen LogP contribution in [0.1, 0.15) is 5.69 Å². The lowest BCUT2D eigenvalue weighted by Gasteiger charge is -2.11. The van der Waals surface area contributed by atoms with Crippen LogP contribution in [0.2, 0.25) is 0 Å². The quantitative estimate of drug-likeness (QED) is 0.709. The van der Waals surface area contributed by atoms with Gasteiger partial charge in [-0.2, -0.15) is 0 Å². The normalized spacial score (nSPS) is 10.4. The highest BCUT2D eigenvalue weighted by Crippen LogP contribution is 2.28. The van der Waals surface area contributed by atoms with Crippen molar-refractivity contribution in [2.75, 3.05) is 0 Å². The molecule has 1 N–H and O–H groups in total. The lowest BCUT2D eigenvalue weighted by atomic mass is 10.3. The molecule has 0 aliphatic heterocycles. The molecule has 0 atom stereocenters. The number of nitrogens with zero attached hydrogens (tertiary/aromatic N) is 1. The molecule has 2 aromatic carbocycles. The first kappa shape index (κ1) is 12.7. The fourth-order valence-electron chi connectivity index (χ4n) is 2.05. The van der Waals surface area contributed by atoms with Gasteiger partial charge >= 0.3 is 0 Å². The Bertz CT molecular complexity index is 774. The summed E-state index contributed by atoms with van der Waals surface area (Å²) in [5.41, 5.74) is 1.94. The first-order valence-electron chi connectivity index (χ1n) is 6.34. The van der Waals surface area contributed by atoms with E-state index in [1.54, 1.807) is 0 Å². The number of para-hydroxylation sites is 3. The van der Waals surface area contributed by atoms with E-state index < -0.39 is 0 Å². The van der Waals surface area contributed by atoms with Crippen molar-refractivity contribution in [3.63, 3.8) is 0 Å². The van der Waals surface area contributed by atoms with Gasteiger partial charge in [-0.15, -0.1) is 0 Å². The van der Waals surface area contributed by atoms with Gasteiger partial charge in [0.2, 0.25) is 0 Å². The number of aryl methyl sites for hydroxylation is 1. The number of imidazole rings is 1. The van der Waals surface area contributed by atoms with Gasteiger partial charge in [-0.1, -0.05) is 30.3 Å². The highest BCUT2D eigenvalue weighted by Gasteiger charge is 2.08. The van der Waals surface area contributed by atoms with Crippen LogP contribution in [0, 0.1) is 11.7 Å². The van der Waals surface area contributed by atoms with Crippen molar-refractivity contribution >= 4 is 12.2 Å². The molecular weight excluding hydrogens is 268 g/mol. The van der Waals surface area contributed by atoms with Crippen molar-refractivity contribution in [1.29, 1.82) is 0 Å². The fourth-order valence-corrected chi connectivity index (χ4v) is 2.36. The second-order valence-electron chi connectivity index (χ2n) is 4.50. The number of hydrogen-bond donors (Lipinski definition) is 1. The van der Waals surface area contributed by atoms with Crippen LogP contribution < -0.4 is 4.74 Å². The average Bonchev–Trinajstić information content (AvgIpc) is 2.79. The van der Waals surface area contributed by atoms with Crippen molar-refractivity contribution in [3.05, 3.63) is 71.3 Å². The molecule has 4 heteroatoms. The number of ether oxygens (including phenoxy) is 1. The van der Waals surface area contributed by atoms with E-state index in [1.165, 1.54) is 0 Å². The molecule has 3 nitrogen and oxygen atoms in total. The highest BCUT2D eigenvalue weighted by molar-refractivity contribution is 7.71. The Morgan fingerprint density at radius 2 is 1.70 bits per heavy atom. The molecular formula is C16H14N2OS. The molecule has 0 fully saturated rings. The Morgan fingerprint density at radius 3 is 2.40 bits per heavy atom. The van der Waals surface area contributed by atoms with Crippen molar-refractivity contribution in [1.82, 2.24) is 9.55 Å². The molecule has 0 saturated heterocycles. The third-order valence-electron chi connectivity index (χ3n) is 2.94. The number of aromatic nitrogens is 2. The van der Waals surface area contributed by atoms with E-state index in [0.29, 0.717) is 4.77 Å². The summed E-state index contributed by atoms with van der Waals surface area (Å²) in [5, 5.41) is 0. The Hall–Kier alpha value is -2.33. The van der Waals surface area contributed by atoms with E-state index in [9.17, 15) is 0 Å². The standard InChI is InChI=1S/C16H14N2OS/c1-12-11-18(16(20)17-12)14-9-5-6-10-15(14)19-13-7-3-2-4-8-13/h2-11H,1H3,(H,17,20). The van der Waals surface area contributed by atoms with Crippen LogP contribution in [0.25, 0.3) is 5.69 Å². The van der Waals surface area contributed by atoms with Crippen LogP contribution in [0.15, 0.2) is 60.8 Å². The van der Waals surface area contributed by atoms with Crippen LogP contribution in [-0.4, -0.2) is 9.55 Å². The minimum atomic E-state index is 0.659. The summed E-state index contributed by atoms with van der Waals surface area (Å²) >= 11 is 5.33. The molecule has 3 rings (SSSR count). The molecule has 1 heterocycles. The van der Waals surface area contributed by atoms with E-state index in [-0.39, 0.29) is 0 Å². The zero-order valence-electron chi connectivity index (χ0n) is 11.0. The molecule has 3 aromatic rings. The maximum absolute atomic E-state index is 5.95. The zero-order valence-corrected chi connectivity index (χ0v) is 11.9. The van der Waals surface area contributed by atoms with Gasteiger partial charge in [0.05, 0.1) is 5.69 Å². The topological polar surface area (TPSA) is 29.9 Å². The van der Waals surface area contributed by atoms with Crippen LogP contribution in [0.4, 0.5) is 0 Å². The van der Waals surface area contributed by atoms with Crippen molar-refractivity contribution in [2.24, 2.45) is 0 Å². The number of nitrogens with one attached hydrogen (secondary N) is 1. The van der Waals surface area contributed by atoms with Crippen molar-refractivity contribution in [3.8, 4) is 17.2 Å². The van der Waals surface area contributed by atoms with Gasteiger partial charge in [-0.05, 0) is 43.4 Å². The summed E-state index contributed by atoms with van der Waals surface area (Å²) in [6, 6.07) is 17.6. The summed E-state index contributed by atoms with van der Waals surface area (Å²) in [7, 11) is 0. The van der Waals surface area contributed by atoms with Crippen molar-refractivity contribution < 1.29 is 4.74 Å². The number of benzene rings is 2. The molecule has 0 spiro atoms. The molecule has 0 unspecified atom stereocenters. The molecule has 0 amide bonds. The van der Waals surface area contributed by atoms with Gasteiger partial charge < -0.3 is 9.72 Å². The van der Waals surface area contributed by atoms with Crippen molar-refractivity contribution in [2.45, 2.75) is 6.92 Å². The lowest BCUT2D eigenvalue weighted by molar-refractivity contribution is 0.480. The van der Waals surface area contributed by atoms with E-state index >= 15 is 0 Å². The highest BCUT2D eigenvalue weighted by atomic mass is 32.1. The second kappa shape index (κ2) is 5.35. The zero-order chi connectivity index (χ0) is 13.9. The lowest BCUT2D eigenvalue weighted by Crippen LogP contribution is -1.96. The van der Waals surface area contributed by atoms with Gasteiger partial charge in [0.25, 0.3) is 0 Å². The molecule has 0 saturated carbocycles. The molecule has 0 bridgehead atoms. The number of H-pyrrole nitrogens is 1. The molecule has 0 aliphatic rings. The van der Waals surface area contributed by atoms with Gasteiger partial charge in [-0.3, -0.25) is 4.57 Å². The summed E-state index contributed by atoms with van der Waals surface area (Å²) in [5.74, 6) is 1.58. The Morgan fingerprint density at radius 1 is 1.00 bits per heavy atom. The van der Waals surface area contributed by atoms with Crippen LogP contribution in [-0.2, 0) is 0 Å². The first-order chi connectivity index (χ1) is 9.74. The van der Waals surface area contributed by atoms with Gasteiger partial charge in [-0.25, -0.2) is 0 Å². The maximum Gasteiger partial charge on any atom is 0.182 e. The minimum Gasteiger partial charge on any atom is -0.455 e. The Labute approximate surface area is 122 Å². The van der Waals surface area contributed by atoms with E-state index in [4.69, 9.17) is 17.0 Å². The summed E-state index contributed by atoms with van der Waals surface area (Å²) in [4.78, 5) is 3.12. The van der Waals surface area contributed by atoms with Gasteiger partial charge in [0.15, 0.2) is 10.5 Å². The largest absolute Gasteiger partial charge is 0.455 e. The number of aromatic amines is 1. The van der Waals surface area contributed by atoms with Crippen LogP contribution in [0.5, 0.6) is 11.5 Å². The maximum atomic E-state index is 5.95. The predicted octanol–water partition coefficient (Wildman–Crippen LogP) is 4.64. The molecule has 0 radical (unpaired) electrons. The van der Waals surface area contributed by atoms with Gasteiger partial charge in [0, 0.05) is 11.9 Å². The molecule has 0 aliphatic carbocycles. The minimum absolute atomic E-state index is 0.659. The van der Waals surface area contributed by atoms with Crippen LogP contribution in [0.3, 0.4) is 0 Å². The number of hydrogen-bond acceptors (Lipinski definition) is 2. The predicted molar refractivity (Wildman–Crippen MR) is 82.2 cm³/mol. The molecule has 100 valence electrons. The van der Waals surface area contributed by atoms with E-state index in [2.05, 4.69) is 4.98 Å². The fraction of sp³-hybridized carbons (Fsp3) is 0.0625. The third-order valence-corrected chi connectivity index (χ3v) is 3.24. The first-order valence-corrected chi connectivity index (χ1v) is 6.75. The van der Waals surface area contributed by atoms with Crippen LogP contribution >= 0.6 is 12.2 Å². The average molecular weight is 282 g/mol. The smallest absolute Gasteiger partial charge is 0.182 e. The summed E-state index contributed by atoms with van der Waals surface area (Å²) in [6.07, 6.45) is 1.97. The second-order valence-corrected chi connectivity index (χ2v) is 4.88. The Kier molecular flexibility index (Phi) is 3.39. The number of rotatable bonds is 3. The molecule has 20 heavy (non-hydrogen) atoms. The SMILES string of the molecule is Cc1cn(-c2ccccc2Oc2ccccc2)c(=S)[nH]1. The van der Waals surface area contributed by atoms with Gasteiger partial charge in [0.1, 0.15) is 5.75 Å². The van der Waals surface area contributed by atoms with E-state index in [0.717, 1.165) is 22.9 Å². The summed E-state index contributed by atoms with van der Waals surface area (Å²) in [6.45, 7) is 1.98. The summed E-state index contributed by atoms with van der Waals surface area (Å²) < 4.78 is 8.53. The Balaban J connectivity index is 2.05. The monoisotopic (exact) mass is 282 g/mol. The third kappa shape index (κ3) is 2.51.